The molecule has 0 bridgehead atoms. The molecule has 0 saturated heterocycles. The lowest BCUT2D eigenvalue weighted by molar-refractivity contribution is -0.136. The number of carbonyl (C=O) groups excluding carboxylic acids is 1. The Hall–Kier alpha value is -0.530. The van der Waals surface area contributed by atoms with E-state index in [0.717, 1.165) is 0 Å². The van der Waals surface area contributed by atoms with Gasteiger partial charge in [-0.3, -0.25) is 0 Å². The van der Waals surface area contributed by atoms with Crippen LogP contribution in [-0.4, -0.2) is 62.8 Å². The Morgan fingerprint density at radius 1 is 1.08 bits per heavy atom. The molecule has 0 heterocycles. The highest BCUT2D eigenvalue weighted by molar-refractivity contribution is 5.56. The number of aldehydes is 1. The molecule has 0 radical (unpaired) electrons. The fourth-order valence-corrected chi connectivity index (χ4v) is 0.618. The normalized spacial score (nSPS) is 19.5. The second kappa shape index (κ2) is 6.93. The number of hydrogen-bond acceptors (Lipinski definition) is 6. The van der Waals surface area contributed by atoms with Gasteiger partial charge in [-0.1, -0.05) is 7.43 Å². The summed E-state index contributed by atoms with van der Waals surface area (Å²) in [6, 6.07) is 0. The highest BCUT2D eigenvalue weighted by Gasteiger charge is 2.29. The Bertz CT molecular complexity index is 139. The Balaban J connectivity index is 0. The predicted molar refractivity (Wildman–Crippen MR) is 43.9 cm³/mol. The van der Waals surface area contributed by atoms with Crippen molar-refractivity contribution in [3.05, 3.63) is 0 Å². The average molecular weight is 196 g/mol. The van der Waals surface area contributed by atoms with Crippen LogP contribution < -0.4 is 0 Å². The number of aliphatic hydroxyl groups excluding tert-OH is 5. The molecule has 0 aliphatic carbocycles. The maximum Gasteiger partial charge on any atom is 0.151 e. The third kappa shape index (κ3) is 4.30. The first-order valence-electron chi connectivity index (χ1n) is 3.33. The Morgan fingerprint density at radius 2 is 1.54 bits per heavy atom. The maximum atomic E-state index is 9.90. The largest absolute Gasteiger partial charge is 0.394 e. The lowest BCUT2D eigenvalue weighted by Gasteiger charge is -2.22. The van der Waals surface area contributed by atoms with Gasteiger partial charge in [0.25, 0.3) is 0 Å². The zero-order valence-electron chi connectivity index (χ0n) is 6.24. The highest BCUT2D eigenvalue weighted by Crippen LogP contribution is 2.02. The average Bonchev–Trinajstić information content (AvgIpc) is 2.12. The summed E-state index contributed by atoms with van der Waals surface area (Å²) < 4.78 is 0. The van der Waals surface area contributed by atoms with Gasteiger partial charge in [-0.15, -0.1) is 0 Å². The SMILES string of the molecule is C.O=C[C@@H](O)[C@H](O)[C@@H](O)[C@@H](O)CO. The quantitative estimate of drug-likeness (QED) is 0.304. The lowest BCUT2D eigenvalue weighted by atomic mass is 10.0. The van der Waals surface area contributed by atoms with Crippen LogP contribution in [0.15, 0.2) is 0 Å². The van der Waals surface area contributed by atoms with Crippen LogP contribution in [0.3, 0.4) is 0 Å². The van der Waals surface area contributed by atoms with E-state index in [4.69, 9.17) is 25.5 Å². The van der Waals surface area contributed by atoms with Gasteiger partial charge in [0.15, 0.2) is 6.29 Å². The Labute approximate surface area is 76.1 Å². The van der Waals surface area contributed by atoms with E-state index in [1.165, 1.54) is 0 Å². The molecule has 0 aliphatic rings. The summed E-state index contributed by atoms with van der Waals surface area (Å²) in [4.78, 5) is 9.90. The van der Waals surface area contributed by atoms with Gasteiger partial charge >= 0.3 is 0 Å². The Morgan fingerprint density at radius 3 is 1.85 bits per heavy atom. The molecule has 0 aromatic carbocycles. The van der Waals surface area contributed by atoms with Gasteiger partial charge in [0, 0.05) is 0 Å². The van der Waals surface area contributed by atoms with E-state index in [0.29, 0.717) is 0 Å². The van der Waals surface area contributed by atoms with Crippen molar-refractivity contribution in [3.63, 3.8) is 0 Å². The minimum absolute atomic E-state index is 0. The van der Waals surface area contributed by atoms with Gasteiger partial charge in [-0.2, -0.15) is 0 Å². The molecule has 4 atom stereocenters. The second-order valence-corrected chi connectivity index (χ2v) is 2.36. The van der Waals surface area contributed by atoms with Gasteiger partial charge in [0.05, 0.1) is 6.61 Å². The topological polar surface area (TPSA) is 118 Å². The minimum Gasteiger partial charge on any atom is -0.394 e. The number of carbonyl (C=O) groups is 1. The van der Waals surface area contributed by atoms with Crippen LogP contribution in [0.25, 0.3) is 0 Å². The van der Waals surface area contributed by atoms with E-state index < -0.39 is 31.0 Å². The standard InChI is InChI=1S/C6H12O6.CH4/c7-1-3(9)5(11)6(12)4(10)2-8;/h1,3-6,8-12H,2H2;1H4/t3-,4+,5+,6+;/m1./s1. The predicted octanol–water partition coefficient (Wildman–Crippen LogP) is -2.74. The van der Waals surface area contributed by atoms with Crippen molar-refractivity contribution >= 4 is 6.29 Å². The van der Waals surface area contributed by atoms with Gasteiger partial charge in [-0.05, 0) is 0 Å². The molecular weight excluding hydrogens is 180 g/mol. The lowest BCUT2D eigenvalue weighted by Crippen LogP contribution is -2.46. The highest BCUT2D eigenvalue weighted by atomic mass is 16.4. The fourth-order valence-electron chi connectivity index (χ4n) is 0.618. The summed E-state index contributed by atoms with van der Waals surface area (Å²) in [5.41, 5.74) is 0. The minimum atomic E-state index is -1.79. The molecule has 0 aliphatic heterocycles. The van der Waals surface area contributed by atoms with Crippen molar-refractivity contribution in [2.45, 2.75) is 31.8 Å². The smallest absolute Gasteiger partial charge is 0.151 e. The van der Waals surface area contributed by atoms with Crippen molar-refractivity contribution in [1.29, 1.82) is 0 Å². The monoisotopic (exact) mass is 196 g/mol. The van der Waals surface area contributed by atoms with E-state index in [-0.39, 0.29) is 13.7 Å². The molecule has 0 rings (SSSR count). The molecule has 6 heteroatoms. The van der Waals surface area contributed by atoms with Crippen LogP contribution in [0.1, 0.15) is 7.43 Å². The molecule has 80 valence electrons. The van der Waals surface area contributed by atoms with Crippen LogP contribution in [0.2, 0.25) is 0 Å². The molecule has 6 nitrogen and oxygen atoms in total. The zero-order chi connectivity index (χ0) is 9.72. The van der Waals surface area contributed by atoms with Gasteiger partial charge in [-0.25, -0.2) is 0 Å². The number of rotatable bonds is 5. The maximum absolute atomic E-state index is 9.90. The molecule has 0 aromatic rings. The molecule has 5 N–H and O–H groups in total. The van der Waals surface area contributed by atoms with E-state index in [2.05, 4.69) is 0 Å². The van der Waals surface area contributed by atoms with E-state index in [1.54, 1.807) is 0 Å². The molecule has 13 heavy (non-hydrogen) atoms. The van der Waals surface area contributed by atoms with Gasteiger partial charge in [0.2, 0.25) is 0 Å². The van der Waals surface area contributed by atoms with Crippen molar-refractivity contribution in [1.82, 2.24) is 0 Å². The van der Waals surface area contributed by atoms with Crippen molar-refractivity contribution in [2.24, 2.45) is 0 Å². The first-order chi connectivity index (χ1) is 5.54. The summed E-state index contributed by atoms with van der Waals surface area (Å²) in [6.07, 6.45) is -6.84. The molecular formula is C7H16O6. The molecule has 0 fully saturated rings. The van der Waals surface area contributed by atoms with Gasteiger partial charge < -0.3 is 30.3 Å². The second-order valence-electron chi connectivity index (χ2n) is 2.36. The van der Waals surface area contributed by atoms with E-state index in [1.807, 2.05) is 0 Å². The molecule has 0 amide bonds. The number of aliphatic hydroxyl groups is 5. The van der Waals surface area contributed by atoms with Crippen molar-refractivity contribution in [3.8, 4) is 0 Å². The molecule has 0 unspecified atom stereocenters. The van der Waals surface area contributed by atoms with Crippen LogP contribution in [0.4, 0.5) is 0 Å². The van der Waals surface area contributed by atoms with Crippen LogP contribution >= 0.6 is 0 Å². The molecule has 0 saturated carbocycles. The van der Waals surface area contributed by atoms with E-state index >= 15 is 0 Å². The Kier molecular flexibility index (Phi) is 7.98. The summed E-state index contributed by atoms with van der Waals surface area (Å²) in [5.74, 6) is 0. The summed E-state index contributed by atoms with van der Waals surface area (Å²) in [5, 5.41) is 43.5. The van der Waals surface area contributed by atoms with Crippen molar-refractivity contribution in [2.75, 3.05) is 6.61 Å². The van der Waals surface area contributed by atoms with Gasteiger partial charge in [0.1, 0.15) is 24.4 Å². The molecule has 0 spiro atoms. The summed E-state index contributed by atoms with van der Waals surface area (Å²) in [7, 11) is 0. The summed E-state index contributed by atoms with van der Waals surface area (Å²) >= 11 is 0. The summed E-state index contributed by atoms with van der Waals surface area (Å²) in [6.45, 7) is -0.760. The van der Waals surface area contributed by atoms with Crippen LogP contribution in [-0.2, 0) is 4.79 Å². The zero-order valence-corrected chi connectivity index (χ0v) is 6.24. The first kappa shape index (κ1) is 15.0. The third-order valence-corrected chi connectivity index (χ3v) is 1.42. The van der Waals surface area contributed by atoms with E-state index in [9.17, 15) is 4.79 Å². The fraction of sp³-hybridized carbons (Fsp3) is 0.857. The number of hydrogen-bond donors (Lipinski definition) is 5. The van der Waals surface area contributed by atoms with Crippen LogP contribution in [0, 0.1) is 0 Å². The van der Waals surface area contributed by atoms with Crippen molar-refractivity contribution < 1.29 is 30.3 Å². The van der Waals surface area contributed by atoms with Crippen LogP contribution in [0.5, 0.6) is 0 Å². The first-order valence-corrected chi connectivity index (χ1v) is 3.33. The molecule has 0 aromatic heterocycles. The third-order valence-electron chi connectivity index (χ3n) is 1.42.